The van der Waals surface area contributed by atoms with Gasteiger partial charge in [-0.3, -0.25) is 9.59 Å². The first kappa shape index (κ1) is 12.2. The van der Waals surface area contributed by atoms with Crippen LogP contribution in [0.5, 0.6) is 0 Å². The van der Waals surface area contributed by atoms with E-state index in [0.29, 0.717) is 5.56 Å². The predicted octanol–water partition coefficient (Wildman–Crippen LogP) is 1.37. The Hall–Kier alpha value is -1.84. The summed E-state index contributed by atoms with van der Waals surface area (Å²) in [7, 11) is 1.33. The number of rotatable bonds is 4. The summed E-state index contributed by atoms with van der Waals surface area (Å²) in [6.07, 6.45) is 0.176. The number of carbonyl (C=O) groups is 2. The van der Waals surface area contributed by atoms with Gasteiger partial charge in [-0.25, -0.2) is 0 Å². The average molecular weight is 221 g/mol. The van der Waals surface area contributed by atoms with Gasteiger partial charge in [0.2, 0.25) is 0 Å². The lowest BCUT2D eigenvalue weighted by Crippen LogP contribution is -2.34. The van der Waals surface area contributed by atoms with Crippen LogP contribution in [-0.2, 0) is 9.53 Å². The van der Waals surface area contributed by atoms with Crippen molar-refractivity contribution < 1.29 is 14.3 Å². The molecule has 1 aromatic rings. The molecule has 86 valence electrons. The molecule has 16 heavy (non-hydrogen) atoms. The van der Waals surface area contributed by atoms with E-state index in [1.54, 1.807) is 31.2 Å². The second kappa shape index (κ2) is 5.90. The molecule has 1 aromatic carbocycles. The van der Waals surface area contributed by atoms with Crippen molar-refractivity contribution in [2.45, 2.75) is 19.4 Å². The number of hydrogen-bond donors (Lipinski definition) is 1. The topological polar surface area (TPSA) is 55.4 Å². The van der Waals surface area contributed by atoms with Gasteiger partial charge in [-0.15, -0.1) is 0 Å². The molecule has 1 N–H and O–H groups in total. The zero-order valence-electron chi connectivity index (χ0n) is 9.40. The lowest BCUT2D eigenvalue weighted by molar-refractivity contribution is -0.141. The summed E-state index contributed by atoms with van der Waals surface area (Å²) >= 11 is 0. The Morgan fingerprint density at radius 3 is 2.50 bits per heavy atom. The fraction of sp³-hybridized carbons (Fsp3) is 0.333. The molecule has 0 aliphatic rings. The van der Waals surface area contributed by atoms with Crippen molar-refractivity contribution in [2.24, 2.45) is 0 Å². The normalized spacial score (nSPS) is 11.6. The van der Waals surface area contributed by atoms with E-state index in [9.17, 15) is 9.59 Å². The maximum absolute atomic E-state index is 11.7. The molecule has 0 unspecified atom stereocenters. The number of hydrogen-bond acceptors (Lipinski definition) is 3. The van der Waals surface area contributed by atoms with Gasteiger partial charge in [0.25, 0.3) is 5.91 Å². The van der Waals surface area contributed by atoms with Crippen molar-refractivity contribution in [3.8, 4) is 0 Å². The van der Waals surface area contributed by atoms with Gasteiger partial charge in [0, 0.05) is 11.6 Å². The molecule has 4 heteroatoms. The van der Waals surface area contributed by atoms with Crippen molar-refractivity contribution in [3.05, 3.63) is 35.9 Å². The third-order valence-corrected chi connectivity index (χ3v) is 2.11. The highest BCUT2D eigenvalue weighted by atomic mass is 16.5. The molecule has 0 saturated carbocycles. The Morgan fingerprint density at radius 2 is 1.94 bits per heavy atom. The van der Waals surface area contributed by atoms with Crippen molar-refractivity contribution in [1.29, 1.82) is 0 Å². The molecule has 0 bridgehead atoms. The van der Waals surface area contributed by atoms with Crippen LogP contribution in [0.4, 0.5) is 0 Å². The third kappa shape index (κ3) is 3.73. The molecule has 4 nitrogen and oxygen atoms in total. The number of nitrogens with one attached hydrogen (secondary N) is 1. The second-order valence-corrected chi connectivity index (χ2v) is 3.52. The van der Waals surface area contributed by atoms with Crippen LogP contribution in [-0.4, -0.2) is 25.0 Å². The minimum absolute atomic E-state index is 0.176. The summed E-state index contributed by atoms with van der Waals surface area (Å²) in [6, 6.07) is 8.63. The van der Waals surface area contributed by atoms with Gasteiger partial charge in [0.05, 0.1) is 13.5 Å². The van der Waals surface area contributed by atoms with E-state index < -0.39 is 0 Å². The summed E-state index contributed by atoms with van der Waals surface area (Å²) in [5, 5.41) is 2.72. The highest BCUT2D eigenvalue weighted by molar-refractivity contribution is 5.94. The van der Waals surface area contributed by atoms with Gasteiger partial charge >= 0.3 is 5.97 Å². The largest absolute Gasteiger partial charge is 0.469 e. The first-order valence-corrected chi connectivity index (χ1v) is 5.06. The first-order valence-electron chi connectivity index (χ1n) is 5.06. The van der Waals surface area contributed by atoms with Crippen LogP contribution in [0.25, 0.3) is 0 Å². The van der Waals surface area contributed by atoms with Crippen LogP contribution in [0.3, 0.4) is 0 Å². The highest BCUT2D eigenvalue weighted by Gasteiger charge is 2.12. The number of esters is 1. The van der Waals surface area contributed by atoms with Gasteiger partial charge in [-0.05, 0) is 19.1 Å². The Bertz CT molecular complexity index is 362. The fourth-order valence-corrected chi connectivity index (χ4v) is 1.28. The van der Waals surface area contributed by atoms with Gasteiger partial charge in [0.15, 0.2) is 0 Å². The summed E-state index contributed by atoms with van der Waals surface area (Å²) in [5.74, 6) is -0.516. The number of ether oxygens (including phenoxy) is 1. The summed E-state index contributed by atoms with van der Waals surface area (Å²) < 4.78 is 4.52. The van der Waals surface area contributed by atoms with Crippen molar-refractivity contribution in [1.82, 2.24) is 5.32 Å². The zero-order chi connectivity index (χ0) is 12.0. The molecule has 0 spiro atoms. The Morgan fingerprint density at radius 1 is 1.31 bits per heavy atom. The molecule has 1 amide bonds. The van der Waals surface area contributed by atoms with E-state index in [2.05, 4.69) is 10.1 Å². The van der Waals surface area contributed by atoms with E-state index >= 15 is 0 Å². The van der Waals surface area contributed by atoms with Crippen molar-refractivity contribution >= 4 is 11.9 Å². The van der Waals surface area contributed by atoms with Crippen LogP contribution in [0, 0.1) is 0 Å². The van der Waals surface area contributed by atoms with Crippen LogP contribution < -0.4 is 5.32 Å². The number of benzene rings is 1. The molecular formula is C12H15NO3. The molecule has 1 atom stereocenters. The first-order chi connectivity index (χ1) is 7.63. The Labute approximate surface area is 94.6 Å². The summed E-state index contributed by atoms with van der Waals surface area (Å²) in [5.41, 5.74) is 0.583. The molecule has 0 aromatic heterocycles. The lowest BCUT2D eigenvalue weighted by Gasteiger charge is -2.12. The monoisotopic (exact) mass is 221 g/mol. The van der Waals surface area contributed by atoms with E-state index in [1.807, 2.05) is 6.07 Å². The minimum Gasteiger partial charge on any atom is -0.469 e. The second-order valence-electron chi connectivity index (χ2n) is 3.52. The molecule has 0 heterocycles. The molecule has 1 rings (SSSR count). The van der Waals surface area contributed by atoms with Crippen LogP contribution in [0.1, 0.15) is 23.7 Å². The van der Waals surface area contributed by atoms with E-state index in [4.69, 9.17) is 0 Å². The Kier molecular flexibility index (Phi) is 4.51. The number of carbonyl (C=O) groups excluding carboxylic acids is 2. The summed E-state index contributed by atoms with van der Waals surface area (Å²) in [6.45, 7) is 1.76. The standard InChI is InChI=1S/C12H15NO3/c1-9(8-11(14)16-2)13-12(15)10-6-4-3-5-7-10/h3-7,9H,8H2,1-2H3,(H,13,15)/t9-/m1/s1. The molecule has 0 aliphatic heterocycles. The van der Waals surface area contributed by atoms with Crippen LogP contribution >= 0.6 is 0 Å². The molecular weight excluding hydrogens is 206 g/mol. The number of amides is 1. The average Bonchev–Trinajstić information content (AvgIpc) is 2.29. The smallest absolute Gasteiger partial charge is 0.307 e. The van der Waals surface area contributed by atoms with Gasteiger partial charge in [0.1, 0.15) is 0 Å². The molecule has 0 saturated heterocycles. The zero-order valence-corrected chi connectivity index (χ0v) is 9.40. The SMILES string of the molecule is COC(=O)C[C@@H](C)NC(=O)c1ccccc1. The van der Waals surface area contributed by atoms with Crippen molar-refractivity contribution in [2.75, 3.05) is 7.11 Å². The van der Waals surface area contributed by atoms with Gasteiger partial charge in [-0.1, -0.05) is 18.2 Å². The van der Waals surface area contributed by atoms with Gasteiger partial charge < -0.3 is 10.1 Å². The van der Waals surface area contributed by atoms with Crippen LogP contribution in [0.15, 0.2) is 30.3 Å². The third-order valence-electron chi connectivity index (χ3n) is 2.11. The maximum Gasteiger partial charge on any atom is 0.307 e. The van der Waals surface area contributed by atoms with Crippen LogP contribution in [0.2, 0.25) is 0 Å². The highest BCUT2D eigenvalue weighted by Crippen LogP contribution is 2.00. The number of methoxy groups -OCH3 is 1. The quantitative estimate of drug-likeness (QED) is 0.781. The maximum atomic E-state index is 11.7. The van der Waals surface area contributed by atoms with E-state index in [1.165, 1.54) is 7.11 Å². The molecule has 0 radical (unpaired) electrons. The Balaban J connectivity index is 2.49. The molecule has 0 aliphatic carbocycles. The fourth-order valence-electron chi connectivity index (χ4n) is 1.28. The predicted molar refractivity (Wildman–Crippen MR) is 60.0 cm³/mol. The van der Waals surface area contributed by atoms with E-state index in [0.717, 1.165) is 0 Å². The summed E-state index contributed by atoms with van der Waals surface area (Å²) in [4.78, 5) is 22.6. The van der Waals surface area contributed by atoms with Gasteiger partial charge in [-0.2, -0.15) is 0 Å². The minimum atomic E-state index is -0.333. The molecule has 0 fully saturated rings. The lowest BCUT2D eigenvalue weighted by atomic mass is 10.2. The van der Waals surface area contributed by atoms with E-state index in [-0.39, 0.29) is 24.3 Å². The van der Waals surface area contributed by atoms with Crippen molar-refractivity contribution in [3.63, 3.8) is 0 Å².